The minimum Gasteiger partial charge on any atom is -0.423 e. The number of hydrogen-bond acceptors (Lipinski definition) is 2. The lowest BCUT2D eigenvalue weighted by Gasteiger charge is -2.38. The van der Waals surface area contributed by atoms with E-state index in [1.807, 2.05) is 0 Å². The predicted molar refractivity (Wildman–Crippen MR) is 128 cm³/mol. The van der Waals surface area contributed by atoms with Gasteiger partial charge in [-0.05, 0) is 79.9 Å². The quantitative estimate of drug-likeness (QED) is 0.213. The Morgan fingerprint density at radius 2 is 1.41 bits per heavy atom. The first-order valence-electron chi connectivity index (χ1n) is 13.1. The number of esters is 1. The summed E-state index contributed by atoms with van der Waals surface area (Å²) in [6.07, 6.45) is 6.70. The number of carbonyl (C=O) groups is 1. The number of carbonyl (C=O) groups excluding carboxylic acids is 1. The minimum atomic E-state index is -5.24. The van der Waals surface area contributed by atoms with Gasteiger partial charge in [-0.2, -0.15) is 13.2 Å². The molecule has 2 saturated carbocycles. The first-order valence-corrected chi connectivity index (χ1v) is 13.1. The van der Waals surface area contributed by atoms with Crippen LogP contribution >= 0.6 is 0 Å². The lowest BCUT2D eigenvalue weighted by atomic mass is 9.68. The number of halogens is 6. The zero-order valence-corrected chi connectivity index (χ0v) is 20.9. The number of rotatable bonds is 6. The minimum absolute atomic E-state index is 0.186. The lowest BCUT2D eigenvalue weighted by Crippen LogP contribution is -2.25. The fourth-order valence-electron chi connectivity index (χ4n) is 6.27. The molecule has 2 aliphatic carbocycles. The van der Waals surface area contributed by atoms with Crippen molar-refractivity contribution < 1.29 is 35.9 Å². The second-order valence-corrected chi connectivity index (χ2v) is 10.6. The van der Waals surface area contributed by atoms with Gasteiger partial charge in [0.2, 0.25) is 0 Å². The average molecular weight is 527 g/mol. The summed E-state index contributed by atoms with van der Waals surface area (Å²) in [5, 5.41) is 0. The summed E-state index contributed by atoms with van der Waals surface area (Å²) in [5.74, 6) is -4.15. The largest absolute Gasteiger partial charge is 0.423 e. The standard InChI is InChI=1S/C29H32F6O2/c1-2-3-17-4-6-18(7-5-17)19-8-10-20(11-9-19)21-12-13-23(24(30)14-21)28(36)37-22-15-25(31)27(26(32)16-22)29(33,34)35/h12-20H,2-11H2,1H3. The van der Waals surface area contributed by atoms with Crippen molar-refractivity contribution in [2.24, 2.45) is 17.8 Å². The van der Waals surface area contributed by atoms with E-state index in [2.05, 4.69) is 6.92 Å². The van der Waals surface area contributed by atoms with Crippen molar-refractivity contribution >= 4 is 5.97 Å². The van der Waals surface area contributed by atoms with Crippen molar-refractivity contribution in [3.63, 3.8) is 0 Å². The molecule has 0 spiro atoms. The average Bonchev–Trinajstić information content (AvgIpc) is 2.83. The molecule has 0 aromatic heterocycles. The van der Waals surface area contributed by atoms with E-state index in [1.165, 1.54) is 50.7 Å². The second-order valence-electron chi connectivity index (χ2n) is 10.6. The Bertz CT molecular complexity index is 1070. The van der Waals surface area contributed by atoms with Crippen molar-refractivity contribution in [1.82, 2.24) is 0 Å². The maximum atomic E-state index is 14.8. The van der Waals surface area contributed by atoms with E-state index in [-0.39, 0.29) is 18.1 Å². The van der Waals surface area contributed by atoms with Gasteiger partial charge < -0.3 is 4.74 Å². The van der Waals surface area contributed by atoms with E-state index in [9.17, 15) is 31.1 Å². The van der Waals surface area contributed by atoms with Gasteiger partial charge in [-0.25, -0.2) is 18.0 Å². The van der Waals surface area contributed by atoms with Crippen LogP contribution in [-0.4, -0.2) is 5.97 Å². The van der Waals surface area contributed by atoms with E-state index < -0.39 is 46.5 Å². The summed E-state index contributed by atoms with van der Waals surface area (Å²) < 4.78 is 85.3. The Morgan fingerprint density at radius 1 is 0.838 bits per heavy atom. The van der Waals surface area contributed by atoms with Crippen LogP contribution in [0.4, 0.5) is 26.3 Å². The van der Waals surface area contributed by atoms with Crippen LogP contribution in [0.5, 0.6) is 5.75 Å². The zero-order valence-electron chi connectivity index (χ0n) is 20.9. The van der Waals surface area contributed by atoms with Gasteiger partial charge in [0.25, 0.3) is 0 Å². The molecule has 8 heteroatoms. The normalized spacial score (nSPS) is 24.6. The molecule has 4 rings (SSSR count). The van der Waals surface area contributed by atoms with Crippen LogP contribution < -0.4 is 4.74 Å². The predicted octanol–water partition coefficient (Wildman–Crippen LogP) is 9.22. The van der Waals surface area contributed by atoms with E-state index >= 15 is 0 Å². The molecule has 0 heterocycles. The highest BCUT2D eigenvalue weighted by atomic mass is 19.4. The SMILES string of the molecule is CCCC1CCC(C2CCC(c3ccc(C(=O)Oc4cc(F)c(C(F)(F)F)c(F)c4)c(F)c3)CC2)CC1. The molecule has 0 amide bonds. The highest BCUT2D eigenvalue weighted by Crippen LogP contribution is 2.44. The summed E-state index contributed by atoms with van der Waals surface area (Å²) >= 11 is 0. The third-order valence-corrected chi connectivity index (χ3v) is 8.22. The van der Waals surface area contributed by atoms with Crippen LogP contribution in [0, 0.1) is 35.2 Å². The summed E-state index contributed by atoms with van der Waals surface area (Å²) in [5.41, 5.74) is -1.76. The third-order valence-electron chi connectivity index (χ3n) is 8.22. The Labute approximate surface area is 213 Å². The van der Waals surface area contributed by atoms with Gasteiger partial charge in [-0.1, -0.05) is 38.7 Å². The van der Waals surface area contributed by atoms with Crippen LogP contribution in [0.3, 0.4) is 0 Å². The molecule has 0 aliphatic heterocycles. The first-order chi connectivity index (χ1) is 17.6. The van der Waals surface area contributed by atoms with E-state index in [0.29, 0.717) is 5.92 Å². The van der Waals surface area contributed by atoms with Crippen molar-refractivity contribution in [2.75, 3.05) is 0 Å². The highest BCUT2D eigenvalue weighted by molar-refractivity contribution is 5.91. The Balaban J connectivity index is 1.35. The van der Waals surface area contributed by atoms with Gasteiger partial charge in [0, 0.05) is 12.1 Å². The summed E-state index contributed by atoms with van der Waals surface area (Å²) in [6, 6.07) is 4.69. The Morgan fingerprint density at radius 3 is 1.92 bits per heavy atom. The molecule has 0 radical (unpaired) electrons. The fraction of sp³-hybridized carbons (Fsp3) is 0.552. The first kappa shape index (κ1) is 27.5. The number of alkyl halides is 3. The molecule has 2 aliphatic rings. The van der Waals surface area contributed by atoms with Crippen molar-refractivity contribution in [1.29, 1.82) is 0 Å². The van der Waals surface area contributed by atoms with Crippen molar-refractivity contribution in [2.45, 2.75) is 83.2 Å². The van der Waals surface area contributed by atoms with E-state index in [1.54, 1.807) is 6.07 Å². The monoisotopic (exact) mass is 526 g/mol. The molecule has 202 valence electrons. The molecule has 2 nitrogen and oxygen atoms in total. The summed E-state index contributed by atoms with van der Waals surface area (Å²) in [7, 11) is 0. The number of ether oxygens (including phenoxy) is 1. The van der Waals surface area contributed by atoms with E-state index in [4.69, 9.17) is 4.74 Å². The van der Waals surface area contributed by atoms with Gasteiger partial charge in [0.05, 0.1) is 5.56 Å². The summed E-state index contributed by atoms with van der Waals surface area (Å²) in [6.45, 7) is 2.24. The van der Waals surface area contributed by atoms with Gasteiger partial charge in [-0.3, -0.25) is 0 Å². The maximum Gasteiger partial charge on any atom is 0.422 e. The topological polar surface area (TPSA) is 26.3 Å². The van der Waals surface area contributed by atoms with Gasteiger partial charge >= 0.3 is 12.1 Å². The smallest absolute Gasteiger partial charge is 0.422 e. The van der Waals surface area contributed by atoms with Crippen molar-refractivity contribution in [3.8, 4) is 5.75 Å². The zero-order chi connectivity index (χ0) is 26.7. The molecule has 0 unspecified atom stereocenters. The lowest BCUT2D eigenvalue weighted by molar-refractivity contribution is -0.142. The molecule has 0 saturated heterocycles. The second kappa shape index (κ2) is 11.5. The van der Waals surface area contributed by atoms with Crippen LogP contribution in [0.25, 0.3) is 0 Å². The number of benzene rings is 2. The van der Waals surface area contributed by atoms with Crippen LogP contribution in [0.15, 0.2) is 30.3 Å². The maximum absolute atomic E-state index is 14.8. The van der Waals surface area contributed by atoms with Crippen LogP contribution in [0.1, 0.15) is 98.5 Å². The molecule has 0 atom stereocenters. The Hall–Kier alpha value is -2.51. The highest BCUT2D eigenvalue weighted by Gasteiger charge is 2.38. The molecule has 0 N–H and O–H groups in total. The molecule has 2 aromatic rings. The Kier molecular flexibility index (Phi) is 8.54. The van der Waals surface area contributed by atoms with Gasteiger partial charge in [-0.15, -0.1) is 0 Å². The molecule has 37 heavy (non-hydrogen) atoms. The third kappa shape index (κ3) is 6.50. The molecule has 2 fully saturated rings. The molecule has 0 bridgehead atoms. The van der Waals surface area contributed by atoms with Gasteiger partial charge in [0.15, 0.2) is 0 Å². The van der Waals surface area contributed by atoms with Crippen molar-refractivity contribution in [3.05, 3.63) is 64.5 Å². The van der Waals surface area contributed by atoms with Crippen LogP contribution in [0.2, 0.25) is 0 Å². The fourth-order valence-corrected chi connectivity index (χ4v) is 6.27. The molecular weight excluding hydrogens is 494 g/mol. The van der Waals surface area contributed by atoms with E-state index in [0.717, 1.165) is 43.1 Å². The van der Waals surface area contributed by atoms with Gasteiger partial charge in [0.1, 0.15) is 28.8 Å². The number of hydrogen-bond donors (Lipinski definition) is 0. The summed E-state index contributed by atoms with van der Waals surface area (Å²) in [4.78, 5) is 12.4. The molecular formula is C29H32F6O2. The molecule has 2 aromatic carbocycles. The van der Waals surface area contributed by atoms with Crippen LogP contribution in [-0.2, 0) is 6.18 Å².